The third-order valence-electron chi connectivity index (χ3n) is 0.831. The Balaban J connectivity index is 3.33. The van der Waals surface area contributed by atoms with Gasteiger partial charge in [-0.25, -0.2) is 0 Å². The summed E-state index contributed by atoms with van der Waals surface area (Å²) in [6.07, 6.45) is 0. The van der Waals surface area contributed by atoms with E-state index in [4.69, 9.17) is 11.6 Å². The zero-order valence-corrected chi connectivity index (χ0v) is 5.14. The van der Waals surface area contributed by atoms with E-state index in [9.17, 15) is 4.91 Å². The van der Waals surface area contributed by atoms with Crippen molar-refractivity contribution in [1.82, 2.24) is 0 Å². The Hall–Kier alpha value is -0.110. The van der Waals surface area contributed by atoms with Crippen molar-refractivity contribution < 1.29 is 0 Å². The average molecular weight is 122 g/mol. The van der Waals surface area contributed by atoms with Crippen LogP contribution in [-0.4, -0.2) is 11.4 Å². The van der Waals surface area contributed by atoms with Crippen molar-refractivity contribution in [3.8, 4) is 0 Å². The maximum absolute atomic E-state index is 9.61. The van der Waals surface area contributed by atoms with Crippen molar-refractivity contribution in [1.29, 1.82) is 0 Å². The fourth-order valence-corrected chi connectivity index (χ4v) is 0.130. The molecule has 0 aromatic carbocycles. The Labute approximate surface area is 47.8 Å². The summed E-state index contributed by atoms with van der Waals surface area (Å²) >= 11 is 5.43. The third-order valence-corrected chi connectivity index (χ3v) is 1.20. The summed E-state index contributed by atoms with van der Waals surface area (Å²) < 4.78 is 0. The lowest BCUT2D eigenvalue weighted by molar-refractivity contribution is 0.719. The SMILES string of the molecule is CC(Cl)[C@@H](C)N=O. The van der Waals surface area contributed by atoms with Gasteiger partial charge in [-0.3, -0.25) is 0 Å². The number of hydrogen-bond donors (Lipinski definition) is 0. The van der Waals surface area contributed by atoms with Crippen molar-refractivity contribution >= 4 is 11.6 Å². The van der Waals surface area contributed by atoms with Gasteiger partial charge in [0.1, 0.15) is 6.04 Å². The topological polar surface area (TPSA) is 29.4 Å². The standard InChI is InChI=1S/C4H8ClNO/c1-3(5)4(2)6-7/h3-4H,1-2H3/t3?,4-/m1/s1. The molecule has 0 amide bonds. The molecule has 0 saturated carbocycles. The highest BCUT2D eigenvalue weighted by atomic mass is 35.5. The van der Waals surface area contributed by atoms with Gasteiger partial charge in [-0.2, -0.15) is 4.91 Å². The average Bonchev–Trinajstić information content (AvgIpc) is 1.65. The quantitative estimate of drug-likeness (QED) is 0.405. The molecule has 0 N–H and O–H groups in total. The van der Waals surface area contributed by atoms with Crippen LogP contribution in [0.3, 0.4) is 0 Å². The maximum atomic E-state index is 9.61. The van der Waals surface area contributed by atoms with E-state index in [0.29, 0.717) is 0 Å². The number of nitrogens with zero attached hydrogens (tertiary/aromatic N) is 1. The van der Waals surface area contributed by atoms with Gasteiger partial charge in [0, 0.05) is 0 Å². The molecule has 3 heteroatoms. The molecule has 0 saturated heterocycles. The molecule has 0 radical (unpaired) electrons. The van der Waals surface area contributed by atoms with Gasteiger partial charge < -0.3 is 0 Å². The molecule has 0 aliphatic rings. The van der Waals surface area contributed by atoms with E-state index in [0.717, 1.165) is 0 Å². The van der Waals surface area contributed by atoms with Crippen LogP contribution in [0.4, 0.5) is 0 Å². The van der Waals surface area contributed by atoms with Gasteiger partial charge in [0.2, 0.25) is 0 Å². The van der Waals surface area contributed by atoms with E-state index >= 15 is 0 Å². The van der Waals surface area contributed by atoms with Crippen LogP contribution in [0.25, 0.3) is 0 Å². The first-order valence-electron chi connectivity index (χ1n) is 2.15. The smallest absolute Gasteiger partial charge is 0.105 e. The first-order valence-corrected chi connectivity index (χ1v) is 2.58. The molecule has 0 aromatic heterocycles. The number of alkyl halides is 1. The Kier molecular flexibility index (Phi) is 2.92. The molecule has 0 spiro atoms. The van der Waals surface area contributed by atoms with Gasteiger partial charge in [0.25, 0.3) is 0 Å². The second kappa shape index (κ2) is 2.97. The molecule has 0 rings (SSSR count). The molecule has 7 heavy (non-hydrogen) atoms. The maximum Gasteiger partial charge on any atom is 0.105 e. The van der Waals surface area contributed by atoms with Gasteiger partial charge in [0.05, 0.1) is 5.38 Å². The van der Waals surface area contributed by atoms with Crippen molar-refractivity contribution in [2.45, 2.75) is 25.3 Å². The second-order valence-corrected chi connectivity index (χ2v) is 2.21. The summed E-state index contributed by atoms with van der Waals surface area (Å²) in [7, 11) is 0. The van der Waals surface area contributed by atoms with Gasteiger partial charge in [-0.05, 0) is 13.8 Å². The summed E-state index contributed by atoms with van der Waals surface area (Å²) in [5.41, 5.74) is 0. The lowest BCUT2D eigenvalue weighted by Crippen LogP contribution is -2.08. The first kappa shape index (κ1) is 6.89. The minimum absolute atomic E-state index is 0.141. The summed E-state index contributed by atoms with van der Waals surface area (Å²) in [6.45, 7) is 3.43. The van der Waals surface area contributed by atoms with E-state index in [-0.39, 0.29) is 11.4 Å². The van der Waals surface area contributed by atoms with Crippen LogP contribution in [0.1, 0.15) is 13.8 Å². The number of halogens is 1. The molecule has 0 heterocycles. The monoisotopic (exact) mass is 121 g/mol. The normalized spacial score (nSPS) is 18.1. The van der Waals surface area contributed by atoms with Crippen LogP contribution in [0.5, 0.6) is 0 Å². The minimum atomic E-state index is -0.262. The fourth-order valence-electron chi connectivity index (χ4n) is 0.0839. The van der Waals surface area contributed by atoms with Crippen molar-refractivity contribution in [2.24, 2.45) is 5.18 Å². The molecule has 2 nitrogen and oxygen atoms in total. The van der Waals surface area contributed by atoms with E-state index < -0.39 is 0 Å². The Morgan fingerprint density at radius 1 is 1.57 bits per heavy atom. The predicted molar refractivity (Wildman–Crippen MR) is 30.6 cm³/mol. The summed E-state index contributed by atoms with van der Waals surface area (Å²) in [5.74, 6) is 0. The lowest BCUT2D eigenvalue weighted by Gasteiger charge is -2.00. The van der Waals surface area contributed by atoms with Gasteiger partial charge in [-0.15, -0.1) is 11.6 Å². The van der Waals surface area contributed by atoms with E-state index in [1.165, 1.54) is 0 Å². The van der Waals surface area contributed by atoms with Crippen molar-refractivity contribution in [3.05, 3.63) is 4.91 Å². The molecule has 2 atom stereocenters. The molecule has 42 valence electrons. The molecule has 0 aliphatic carbocycles. The van der Waals surface area contributed by atoms with Gasteiger partial charge >= 0.3 is 0 Å². The highest BCUT2D eigenvalue weighted by Crippen LogP contribution is 2.02. The zero-order valence-electron chi connectivity index (χ0n) is 4.39. The largest absolute Gasteiger partial charge is 0.150 e. The molecule has 0 aliphatic heterocycles. The summed E-state index contributed by atoms with van der Waals surface area (Å²) in [6, 6.07) is -0.262. The van der Waals surface area contributed by atoms with Gasteiger partial charge in [-0.1, -0.05) is 5.18 Å². The third kappa shape index (κ3) is 2.57. The second-order valence-electron chi connectivity index (χ2n) is 1.52. The Morgan fingerprint density at radius 3 is 2.00 bits per heavy atom. The fraction of sp³-hybridized carbons (Fsp3) is 1.00. The Morgan fingerprint density at radius 2 is 2.00 bits per heavy atom. The molecule has 0 bridgehead atoms. The molecular formula is C4H8ClNO. The highest BCUT2D eigenvalue weighted by Gasteiger charge is 2.06. The van der Waals surface area contributed by atoms with Crippen LogP contribution < -0.4 is 0 Å². The lowest BCUT2D eigenvalue weighted by atomic mass is 10.3. The predicted octanol–water partition coefficient (Wildman–Crippen LogP) is 1.77. The molecular weight excluding hydrogens is 114 g/mol. The first-order chi connectivity index (χ1) is 3.18. The van der Waals surface area contributed by atoms with E-state index in [1.807, 2.05) is 0 Å². The van der Waals surface area contributed by atoms with Crippen LogP contribution in [0.15, 0.2) is 5.18 Å². The number of hydrogen-bond acceptors (Lipinski definition) is 2. The molecule has 0 aromatic rings. The molecule has 0 fully saturated rings. The van der Waals surface area contributed by atoms with Crippen molar-refractivity contribution in [2.75, 3.05) is 0 Å². The van der Waals surface area contributed by atoms with Crippen LogP contribution in [0, 0.1) is 4.91 Å². The van der Waals surface area contributed by atoms with Crippen molar-refractivity contribution in [3.63, 3.8) is 0 Å². The number of rotatable bonds is 2. The minimum Gasteiger partial charge on any atom is -0.150 e. The Bertz CT molecular complexity index is 64.7. The van der Waals surface area contributed by atoms with E-state index in [1.54, 1.807) is 13.8 Å². The van der Waals surface area contributed by atoms with Crippen LogP contribution in [0.2, 0.25) is 0 Å². The summed E-state index contributed by atoms with van der Waals surface area (Å²) in [4.78, 5) is 9.61. The summed E-state index contributed by atoms with van der Waals surface area (Å²) in [5, 5.41) is 2.56. The van der Waals surface area contributed by atoms with Gasteiger partial charge in [0.15, 0.2) is 0 Å². The van der Waals surface area contributed by atoms with E-state index in [2.05, 4.69) is 5.18 Å². The van der Waals surface area contributed by atoms with Crippen LogP contribution in [-0.2, 0) is 0 Å². The zero-order chi connectivity index (χ0) is 5.86. The molecule has 1 unspecified atom stereocenters. The number of nitroso groups, excluding NO2 is 1. The highest BCUT2D eigenvalue weighted by molar-refractivity contribution is 6.20. The van der Waals surface area contributed by atoms with Crippen LogP contribution >= 0.6 is 11.6 Å².